The molecular formula is C19H24ClNO. The van der Waals surface area contributed by atoms with E-state index in [1.807, 2.05) is 0 Å². The van der Waals surface area contributed by atoms with Crippen molar-refractivity contribution in [1.29, 1.82) is 0 Å². The van der Waals surface area contributed by atoms with Crippen LogP contribution in [0.3, 0.4) is 0 Å². The second-order valence-electron chi connectivity index (χ2n) is 5.88. The molecule has 0 radical (unpaired) electrons. The highest BCUT2D eigenvalue weighted by Crippen LogP contribution is 2.31. The van der Waals surface area contributed by atoms with Crippen LogP contribution in [0, 0.1) is 0 Å². The maximum Gasteiger partial charge on any atom is 0.122 e. The summed E-state index contributed by atoms with van der Waals surface area (Å²) in [6, 6.07) is 15.2. The molecule has 0 amide bonds. The Hall–Kier alpha value is -1.51. The van der Waals surface area contributed by atoms with Gasteiger partial charge in [0.2, 0.25) is 0 Å². The molecule has 0 bridgehead atoms. The van der Waals surface area contributed by atoms with Crippen molar-refractivity contribution >= 4 is 12.4 Å². The molecule has 118 valence electrons. The number of benzene rings is 2. The van der Waals surface area contributed by atoms with Crippen LogP contribution in [0.5, 0.6) is 5.75 Å². The minimum atomic E-state index is 0. The van der Waals surface area contributed by atoms with Crippen molar-refractivity contribution in [2.24, 2.45) is 0 Å². The van der Waals surface area contributed by atoms with Crippen LogP contribution in [0.4, 0.5) is 0 Å². The largest absolute Gasteiger partial charge is 0.496 e. The number of nitrogens with one attached hydrogen (secondary N) is 1. The Balaban J connectivity index is 0.00000176. The van der Waals surface area contributed by atoms with Gasteiger partial charge in [-0.25, -0.2) is 0 Å². The molecule has 1 atom stereocenters. The van der Waals surface area contributed by atoms with Gasteiger partial charge in [-0.3, -0.25) is 0 Å². The average Bonchev–Trinajstić information content (AvgIpc) is 2.69. The molecule has 1 aliphatic heterocycles. The molecule has 0 saturated heterocycles. The van der Waals surface area contributed by atoms with Gasteiger partial charge in [-0.15, -0.1) is 12.4 Å². The molecule has 0 spiro atoms. The fraction of sp³-hybridized carbons (Fsp3) is 0.368. The summed E-state index contributed by atoms with van der Waals surface area (Å²) in [5.41, 5.74) is 5.53. The van der Waals surface area contributed by atoms with Crippen molar-refractivity contribution < 1.29 is 4.74 Å². The average molecular weight is 318 g/mol. The second-order valence-corrected chi connectivity index (χ2v) is 5.88. The third kappa shape index (κ3) is 3.63. The van der Waals surface area contributed by atoms with E-state index in [1.165, 1.54) is 22.3 Å². The van der Waals surface area contributed by atoms with Crippen LogP contribution < -0.4 is 10.1 Å². The molecular weight excluding hydrogens is 294 g/mol. The first-order valence-electron chi connectivity index (χ1n) is 7.72. The number of rotatable bonds is 3. The maximum absolute atomic E-state index is 5.64. The van der Waals surface area contributed by atoms with Gasteiger partial charge in [0, 0.05) is 13.0 Å². The van der Waals surface area contributed by atoms with E-state index >= 15 is 0 Å². The number of fused-ring (bicyclic) bond motifs is 1. The lowest BCUT2D eigenvalue weighted by molar-refractivity contribution is 0.409. The monoisotopic (exact) mass is 317 g/mol. The number of methoxy groups -OCH3 is 1. The van der Waals surface area contributed by atoms with Crippen LogP contribution in [0.15, 0.2) is 42.5 Å². The highest BCUT2D eigenvalue weighted by atomic mass is 35.5. The van der Waals surface area contributed by atoms with Crippen LogP contribution >= 0.6 is 12.4 Å². The van der Waals surface area contributed by atoms with Gasteiger partial charge in [0.25, 0.3) is 0 Å². The Morgan fingerprint density at radius 1 is 1.18 bits per heavy atom. The summed E-state index contributed by atoms with van der Waals surface area (Å²) in [6.45, 7) is 4.42. The maximum atomic E-state index is 5.64. The summed E-state index contributed by atoms with van der Waals surface area (Å²) in [6.07, 6.45) is 2.01. The summed E-state index contributed by atoms with van der Waals surface area (Å²) in [7, 11) is 1.77. The topological polar surface area (TPSA) is 21.3 Å². The fourth-order valence-electron chi connectivity index (χ4n) is 3.16. The molecule has 2 aromatic carbocycles. The molecule has 0 aromatic heterocycles. The highest BCUT2D eigenvalue weighted by Gasteiger charge is 2.17. The van der Waals surface area contributed by atoms with Gasteiger partial charge >= 0.3 is 0 Å². The minimum absolute atomic E-state index is 0. The highest BCUT2D eigenvalue weighted by molar-refractivity contribution is 5.85. The Bertz CT molecular complexity index is 612. The van der Waals surface area contributed by atoms with Crippen LogP contribution in [-0.4, -0.2) is 20.2 Å². The molecule has 0 unspecified atom stereocenters. The van der Waals surface area contributed by atoms with Crippen LogP contribution in [0.1, 0.15) is 35.1 Å². The predicted molar refractivity (Wildman–Crippen MR) is 94.5 cm³/mol. The third-order valence-electron chi connectivity index (χ3n) is 4.33. The van der Waals surface area contributed by atoms with E-state index in [-0.39, 0.29) is 12.4 Å². The Labute approximate surface area is 139 Å². The molecule has 1 aliphatic rings. The van der Waals surface area contributed by atoms with Gasteiger partial charge in [0.1, 0.15) is 5.75 Å². The predicted octanol–water partition coefficient (Wildman–Crippen LogP) is 3.96. The van der Waals surface area contributed by atoms with Gasteiger partial charge in [0.15, 0.2) is 0 Å². The summed E-state index contributed by atoms with van der Waals surface area (Å²) in [5, 5.41) is 3.51. The van der Waals surface area contributed by atoms with E-state index in [9.17, 15) is 0 Å². The quantitative estimate of drug-likeness (QED) is 0.925. The minimum Gasteiger partial charge on any atom is -0.496 e. The summed E-state index contributed by atoms with van der Waals surface area (Å²) in [4.78, 5) is 0. The fourth-order valence-corrected chi connectivity index (χ4v) is 3.16. The van der Waals surface area contributed by atoms with Crippen molar-refractivity contribution in [3.8, 4) is 5.75 Å². The Morgan fingerprint density at radius 3 is 2.68 bits per heavy atom. The molecule has 2 nitrogen and oxygen atoms in total. The normalized spacial score (nSPS) is 17.1. The van der Waals surface area contributed by atoms with E-state index in [0.29, 0.717) is 5.92 Å². The second kappa shape index (κ2) is 7.66. The van der Waals surface area contributed by atoms with Crippen molar-refractivity contribution in [2.45, 2.75) is 25.7 Å². The van der Waals surface area contributed by atoms with Gasteiger partial charge < -0.3 is 10.1 Å². The number of hydrogen-bond donors (Lipinski definition) is 1. The lowest BCUT2D eigenvalue weighted by atomic mass is 9.91. The molecule has 0 fully saturated rings. The molecule has 1 heterocycles. The standard InChI is InChI=1S/C19H23NO.ClH/c1-14-13-20-9-8-16-12-19(21-2)17(11-18(14)16)10-15-6-4-3-5-7-15;/h3-7,11-12,14,20H,8-10,13H2,1-2H3;1H/t14-;/m1./s1. The SMILES string of the molecule is COc1cc2c(cc1Cc1ccccc1)[C@H](C)CNCC2.Cl. The van der Waals surface area contributed by atoms with Crippen molar-refractivity contribution in [2.75, 3.05) is 20.2 Å². The molecule has 3 heteroatoms. The summed E-state index contributed by atoms with van der Waals surface area (Å²) < 4.78 is 5.64. The smallest absolute Gasteiger partial charge is 0.122 e. The summed E-state index contributed by atoms with van der Waals surface area (Å²) in [5.74, 6) is 1.58. The van der Waals surface area contributed by atoms with Crippen molar-refractivity contribution in [3.63, 3.8) is 0 Å². The third-order valence-corrected chi connectivity index (χ3v) is 4.33. The van der Waals surface area contributed by atoms with Gasteiger partial charge in [-0.05, 0) is 47.2 Å². The first-order valence-corrected chi connectivity index (χ1v) is 7.72. The molecule has 3 rings (SSSR count). The summed E-state index contributed by atoms with van der Waals surface area (Å²) >= 11 is 0. The first-order chi connectivity index (χ1) is 10.3. The Morgan fingerprint density at radius 2 is 1.95 bits per heavy atom. The molecule has 2 aromatic rings. The number of hydrogen-bond acceptors (Lipinski definition) is 2. The molecule has 0 aliphatic carbocycles. The van der Waals surface area contributed by atoms with E-state index in [2.05, 4.69) is 54.7 Å². The lowest BCUT2D eigenvalue weighted by Gasteiger charge is -2.17. The van der Waals surface area contributed by atoms with E-state index in [4.69, 9.17) is 4.74 Å². The Kier molecular flexibility index (Phi) is 5.87. The van der Waals surface area contributed by atoms with Crippen LogP contribution in [0.25, 0.3) is 0 Å². The van der Waals surface area contributed by atoms with Gasteiger partial charge in [0.05, 0.1) is 7.11 Å². The molecule has 0 saturated carbocycles. The van der Waals surface area contributed by atoms with Gasteiger partial charge in [-0.2, -0.15) is 0 Å². The molecule has 1 N–H and O–H groups in total. The molecule has 22 heavy (non-hydrogen) atoms. The zero-order valence-corrected chi connectivity index (χ0v) is 14.1. The number of ether oxygens (including phenoxy) is 1. The van der Waals surface area contributed by atoms with E-state index in [1.54, 1.807) is 7.11 Å². The first kappa shape index (κ1) is 16.9. The lowest BCUT2D eigenvalue weighted by Crippen LogP contribution is -2.18. The zero-order valence-electron chi connectivity index (χ0n) is 13.3. The number of halogens is 1. The van der Waals surface area contributed by atoms with E-state index < -0.39 is 0 Å². The van der Waals surface area contributed by atoms with Gasteiger partial charge in [-0.1, -0.05) is 43.3 Å². The van der Waals surface area contributed by atoms with Crippen LogP contribution in [0.2, 0.25) is 0 Å². The van der Waals surface area contributed by atoms with E-state index in [0.717, 1.165) is 31.7 Å². The van der Waals surface area contributed by atoms with Crippen molar-refractivity contribution in [3.05, 3.63) is 64.7 Å². The van der Waals surface area contributed by atoms with Crippen molar-refractivity contribution in [1.82, 2.24) is 5.32 Å². The van der Waals surface area contributed by atoms with Crippen LogP contribution in [-0.2, 0) is 12.8 Å². The zero-order chi connectivity index (χ0) is 14.7.